The molecule has 0 heterocycles. The first kappa shape index (κ1) is 39.1. The quantitative estimate of drug-likeness (QED) is 0.135. The first-order valence-corrected chi connectivity index (χ1v) is 22.4. The van der Waals surface area contributed by atoms with Crippen LogP contribution in [0.15, 0.2) is 218 Å². The Labute approximate surface area is 385 Å². The largest absolute Gasteiger partial charge is 0.481 e. The van der Waals surface area contributed by atoms with Crippen LogP contribution in [0.2, 0.25) is 0 Å². The highest BCUT2D eigenvalue weighted by Gasteiger charge is 2.47. The minimum absolute atomic E-state index is 0.227. The van der Waals surface area contributed by atoms with Crippen LogP contribution < -0.4 is 9.47 Å². The molecule has 12 rings (SSSR count). The van der Waals surface area contributed by atoms with Crippen LogP contribution in [0.5, 0.6) is 11.5 Å². The molecule has 2 aliphatic carbocycles. The molecule has 0 radical (unpaired) electrons. The summed E-state index contributed by atoms with van der Waals surface area (Å²) in [5.74, 6) is 6.71. The minimum Gasteiger partial charge on any atom is -0.481 e. The Morgan fingerprint density at radius 3 is 1.09 bits per heavy atom. The molecule has 10 aromatic carbocycles. The van der Waals surface area contributed by atoms with E-state index in [-0.39, 0.29) is 13.2 Å². The first-order valence-electron chi connectivity index (χ1n) is 22.4. The number of hydrogen-bond donors (Lipinski definition) is 0. The van der Waals surface area contributed by atoms with Crippen LogP contribution >= 0.6 is 0 Å². The van der Waals surface area contributed by atoms with Crippen molar-refractivity contribution in [3.05, 3.63) is 263 Å². The van der Waals surface area contributed by atoms with Crippen molar-refractivity contribution in [3.63, 3.8) is 0 Å². The van der Waals surface area contributed by atoms with Gasteiger partial charge in [0.05, 0.1) is 10.8 Å². The molecule has 0 aromatic heterocycles. The molecule has 0 N–H and O–H groups in total. The van der Waals surface area contributed by atoms with Crippen molar-refractivity contribution in [2.75, 3.05) is 13.2 Å². The van der Waals surface area contributed by atoms with Gasteiger partial charge in [-0.25, -0.2) is 0 Å². The summed E-state index contributed by atoms with van der Waals surface area (Å²) in [5.41, 5.74) is 16.2. The maximum Gasteiger partial charge on any atom is 0.148 e. The Balaban J connectivity index is 0.980. The van der Waals surface area contributed by atoms with E-state index in [0.29, 0.717) is 0 Å². The van der Waals surface area contributed by atoms with Gasteiger partial charge in [-0.3, -0.25) is 0 Å². The standard InChI is InChI=1S/C64H42O2/c1-3-37-65-53-36-28-46-39-51(34-26-47(46)41-53)63(59-17-9-5-13-55(59)56-14-6-10-18-60(56)63)49-29-21-43(22-30-49)44-23-31-50(32-24-44)64(61-19-11-7-15-57(61)58-16-8-12-20-62(58)64)52-33-25-45-27-35-54(66-38-4-2)42-48(45)40-52/h1-2,5-36,39-42H,37-38H2. The third-order valence-electron chi connectivity index (χ3n) is 14.0. The van der Waals surface area contributed by atoms with Crippen molar-refractivity contribution in [2.45, 2.75) is 10.8 Å². The van der Waals surface area contributed by atoms with Gasteiger partial charge in [-0.05, 0) is 136 Å². The monoisotopic (exact) mass is 842 g/mol. The molecule has 310 valence electrons. The van der Waals surface area contributed by atoms with E-state index in [4.69, 9.17) is 22.3 Å². The molecule has 10 aromatic rings. The van der Waals surface area contributed by atoms with Crippen LogP contribution in [0.3, 0.4) is 0 Å². The summed E-state index contributed by atoms with van der Waals surface area (Å²) >= 11 is 0. The zero-order valence-corrected chi connectivity index (χ0v) is 36.2. The molecular weight excluding hydrogens is 801 g/mol. The van der Waals surface area contributed by atoms with Crippen molar-refractivity contribution in [2.24, 2.45) is 0 Å². The van der Waals surface area contributed by atoms with Gasteiger partial charge in [-0.15, -0.1) is 12.8 Å². The summed E-state index contributed by atoms with van der Waals surface area (Å²) in [7, 11) is 0. The molecule has 0 saturated heterocycles. The van der Waals surface area contributed by atoms with Gasteiger partial charge < -0.3 is 9.47 Å². The van der Waals surface area contributed by atoms with Crippen molar-refractivity contribution in [1.82, 2.24) is 0 Å². The van der Waals surface area contributed by atoms with E-state index in [9.17, 15) is 0 Å². The number of hydrogen-bond acceptors (Lipinski definition) is 2. The van der Waals surface area contributed by atoms with Crippen LogP contribution in [0.25, 0.3) is 54.9 Å². The number of ether oxygens (including phenoxy) is 2. The second-order valence-corrected chi connectivity index (χ2v) is 17.3. The second-order valence-electron chi connectivity index (χ2n) is 17.3. The minimum atomic E-state index is -0.550. The molecule has 66 heavy (non-hydrogen) atoms. The number of rotatable bonds is 9. The van der Waals surface area contributed by atoms with Crippen LogP contribution in [0.1, 0.15) is 44.5 Å². The fourth-order valence-electron chi connectivity index (χ4n) is 11.2. The molecule has 0 unspecified atom stereocenters. The fourth-order valence-corrected chi connectivity index (χ4v) is 11.2. The lowest BCUT2D eigenvalue weighted by molar-refractivity contribution is 0.371. The van der Waals surface area contributed by atoms with Crippen molar-refractivity contribution in [1.29, 1.82) is 0 Å². The predicted molar refractivity (Wildman–Crippen MR) is 270 cm³/mol. The number of benzene rings is 10. The lowest BCUT2D eigenvalue weighted by Gasteiger charge is -2.34. The van der Waals surface area contributed by atoms with E-state index in [1.807, 2.05) is 12.1 Å². The van der Waals surface area contributed by atoms with Crippen LogP contribution in [-0.4, -0.2) is 13.2 Å². The summed E-state index contributed by atoms with van der Waals surface area (Å²) in [6, 6.07) is 80.2. The molecule has 2 nitrogen and oxygen atoms in total. The van der Waals surface area contributed by atoms with E-state index in [1.165, 1.54) is 66.8 Å². The lowest BCUT2D eigenvalue weighted by atomic mass is 9.67. The van der Waals surface area contributed by atoms with Gasteiger partial charge in [0.2, 0.25) is 0 Å². The lowest BCUT2D eigenvalue weighted by Crippen LogP contribution is -2.28. The average Bonchev–Trinajstić information content (AvgIpc) is 3.86. The average molecular weight is 843 g/mol. The summed E-state index contributed by atoms with van der Waals surface area (Å²) < 4.78 is 11.7. The highest BCUT2D eigenvalue weighted by molar-refractivity contribution is 5.92. The predicted octanol–water partition coefficient (Wildman–Crippen LogP) is 14.4. The van der Waals surface area contributed by atoms with Gasteiger partial charge in [0, 0.05) is 0 Å². The Morgan fingerprint density at radius 1 is 0.318 bits per heavy atom. The Bertz CT molecular complexity index is 3530. The van der Waals surface area contributed by atoms with E-state index in [0.717, 1.165) is 44.2 Å². The van der Waals surface area contributed by atoms with E-state index in [1.54, 1.807) is 0 Å². The Morgan fingerprint density at radius 2 is 0.652 bits per heavy atom. The summed E-state index contributed by atoms with van der Waals surface area (Å²) in [5, 5.41) is 4.50. The Hall–Kier alpha value is -8.56. The molecule has 0 atom stereocenters. The molecule has 0 fully saturated rings. The van der Waals surface area contributed by atoms with E-state index < -0.39 is 10.8 Å². The third kappa shape index (κ3) is 5.86. The van der Waals surface area contributed by atoms with Gasteiger partial charge in [-0.2, -0.15) is 0 Å². The van der Waals surface area contributed by atoms with Gasteiger partial charge >= 0.3 is 0 Å². The van der Waals surface area contributed by atoms with Gasteiger partial charge in [0.25, 0.3) is 0 Å². The molecular formula is C64H42O2. The molecule has 0 saturated carbocycles. The molecule has 2 aliphatic rings. The SMILES string of the molecule is C#CCOc1ccc2cc(C3(c4ccc(-c5ccc(C6(c7ccc8ccc(OCC#C)cc8c7)c7ccccc7-c7ccccc76)cc5)cc4)c4ccccc4-c4ccccc43)ccc2c1. The number of terminal acetylenes is 2. The van der Waals surface area contributed by atoms with Gasteiger partial charge in [0.1, 0.15) is 24.7 Å². The van der Waals surface area contributed by atoms with Crippen molar-refractivity contribution >= 4 is 21.5 Å². The third-order valence-corrected chi connectivity index (χ3v) is 14.0. The summed E-state index contributed by atoms with van der Waals surface area (Å²) in [6.45, 7) is 0.464. The zero-order valence-electron chi connectivity index (χ0n) is 36.2. The molecule has 0 amide bonds. The molecule has 0 bridgehead atoms. The summed E-state index contributed by atoms with van der Waals surface area (Å²) in [4.78, 5) is 0. The normalized spacial score (nSPS) is 13.5. The van der Waals surface area contributed by atoms with Gasteiger partial charge in [-0.1, -0.05) is 194 Å². The fraction of sp³-hybridized carbons (Fsp3) is 0.0625. The molecule has 0 aliphatic heterocycles. The van der Waals surface area contributed by atoms with Crippen LogP contribution in [0, 0.1) is 24.7 Å². The first-order chi connectivity index (χ1) is 32.6. The van der Waals surface area contributed by atoms with Gasteiger partial charge in [0.15, 0.2) is 0 Å². The maximum absolute atomic E-state index is 5.89. The highest BCUT2D eigenvalue weighted by Crippen LogP contribution is 2.58. The summed E-state index contributed by atoms with van der Waals surface area (Å²) in [6.07, 6.45) is 11.1. The second kappa shape index (κ2) is 15.6. The highest BCUT2D eigenvalue weighted by atomic mass is 16.5. The molecule has 0 spiro atoms. The smallest absolute Gasteiger partial charge is 0.148 e. The van der Waals surface area contributed by atoms with Crippen LogP contribution in [0.4, 0.5) is 0 Å². The Kier molecular flexibility index (Phi) is 9.24. The van der Waals surface area contributed by atoms with Crippen LogP contribution in [-0.2, 0) is 10.8 Å². The maximum atomic E-state index is 5.89. The van der Waals surface area contributed by atoms with E-state index >= 15 is 0 Å². The molecule has 2 heteroatoms. The van der Waals surface area contributed by atoms with Crippen molar-refractivity contribution in [3.8, 4) is 69.6 Å². The number of fused-ring (bicyclic) bond motifs is 8. The zero-order chi connectivity index (χ0) is 44.2. The topological polar surface area (TPSA) is 18.5 Å². The van der Waals surface area contributed by atoms with Crippen molar-refractivity contribution < 1.29 is 9.47 Å². The van der Waals surface area contributed by atoms with E-state index in [2.05, 4.69) is 218 Å².